The second kappa shape index (κ2) is 7.41. The zero-order valence-electron chi connectivity index (χ0n) is 13.8. The van der Waals surface area contributed by atoms with E-state index in [0.717, 1.165) is 6.42 Å². The smallest absolute Gasteiger partial charge is 0.313 e. The lowest BCUT2D eigenvalue weighted by atomic mass is 9.72. The van der Waals surface area contributed by atoms with Gasteiger partial charge in [-0.1, -0.05) is 32.0 Å². The monoisotopic (exact) mass is 323 g/mol. The molecule has 5 heteroatoms. The molecule has 0 spiro atoms. The third kappa shape index (κ3) is 4.09. The summed E-state index contributed by atoms with van der Waals surface area (Å²) < 4.78 is 13.8. The van der Waals surface area contributed by atoms with E-state index in [9.17, 15) is 19.4 Å². The fraction of sp³-hybridized carbons (Fsp3) is 0.611. The van der Waals surface area contributed by atoms with E-state index in [4.69, 9.17) is 0 Å². The second-order valence-corrected chi connectivity index (χ2v) is 7.00. The molecule has 1 saturated heterocycles. The summed E-state index contributed by atoms with van der Waals surface area (Å²) in [5, 5.41) is 20.1. The first-order valence-corrected chi connectivity index (χ1v) is 8.22. The third-order valence-corrected chi connectivity index (χ3v) is 4.81. The maximum Gasteiger partial charge on any atom is 0.313 e. The van der Waals surface area contributed by atoms with Crippen molar-refractivity contribution in [3.8, 4) is 0 Å². The van der Waals surface area contributed by atoms with Crippen molar-refractivity contribution < 1.29 is 19.4 Å². The highest BCUT2D eigenvalue weighted by atomic mass is 19.1. The number of benzene rings is 1. The highest BCUT2D eigenvalue weighted by Crippen LogP contribution is 2.37. The SMILES string of the molecule is CC(C)CC[C@@]1(C(=O)O)CN(Cc2ccccc2F)CC[C@H]1O. The molecule has 2 rings (SSSR count). The van der Waals surface area contributed by atoms with Crippen LogP contribution in [0.25, 0.3) is 0 Å². The highest BCUT2D eigenvalue weighted by Gasteiger charge is 2.48. The quantitative estimate of drug-likeness (QED) is 0.845. The van der Waals surface area contributed by atoms with Crippen LogP contribution in [0.15, 0.2) is 24.3 Å². The summed E-state index contributed by atoms with van der Waals surface area (Å²) in [7, 11) is 0. The molecule has 1 heterocycles. The number of carboxylic acid groups (broad SMARTS) is 1. The lowest BCUT2D eigenvalue weighted by Crippen LogP contribution is -2.55. The summed E-state index contributed by atoms with van der Waals surface area (Å²) in [6, 6.07) is 6.55. The number of likely N-dealkylation sites (tertiary alicyclic amines) is 1. The van der Waals surface area contributed by atoms with Crippen LogP contribution in [0.2, 0.25) is 0 Å². The van der Waals surface area contributed by atoms with Crippen LogP contribution in [0.4, 0.5) is 4.39 Å². The average Bonchev–Trinajstić information content (AvgIpc) is 2.49. The summed E-state index contributed by atoms with van der Waals surface area (Å²) in [6.07, 6.45) is 0.737. The number of rotatable bonds is 6. The number of piperidine rings is 1. The number of halogens is 1. The molecule has 0 aliphatic carbocycles. The summed E-state index contributed by atoms with van der Waals surface area (Å²) >= 11 is 0. The van der Waals surface area contributed by atoms with Crippen LogP contribution in [0, 0.1) is 17.2 Å². The Hall–Kier alpha value is -1.46. The number of carboxylic acids is 1. The number of aliphatic hydroxyl groups is 1. The molecule has 1 aromatic carbocycles. The van der Waals surface area contributed by atoms with Gasteiger partial charge < -0.3 is 10.2 Å². The van der Waals surface area contributed by atoms with Gasteiger partial charge in [0, 0.05) is 25.2 Å². The molecule has 23 heavy (non-hydrogen) atoms. The van der Waals surface area contributed by atoms with Crippen molar-refractivity contribution >= 4 is 5.97 Å². The molecule has 0 unspecified atom stereocenters. The Morgan fingerprint density at radius 2 is 2.13 bits per heavy atom. The van der Waals surface area contributed by atoms with Gasteiger partial charge in [0.2, 0.25) is 0 Å². The predicted molar refractivity (Wildman–Crippen MR) is 86.4 cm³/mol. The Morgan fingerprint density at radius 1 is 1.43 bits per heavy atom. The van der Waals surface area contributed by atoms with E-state index in [1.807, 2.05) is 18.7 Å². The molecular weight excluding hydrogens is 297 g/mol. The number of aliphatic hydroxyl groups excluding tert-OH is 1. The summed E-state index contributed by atoms with van der Waals surface area (Å²) in [5.41, 5.74) is -0.597. The maximum absolute atomic E-state index is 13.8. The first-order chi connectivity index (χ1) is 10.8. The molecule has 1 aliphatic heterocycles. The predicted octanol–water partition coefficient (Wildman–Crippen LogP) is 2.90. The van der Waals surface area contributed by atoms with Crippen molar-refractivity contribution in [2.24, 2.45) is 11.3 Å². The molecule has 0 radical (unpaired) electrons. The van der Waals surface area contributed by atoms with Gasteiger partial charge in [0.25, 0.3) is 0 Å². The lowest BCUT2D eigenvalue weighted by molar-refractivity contribution is -0.165. The zero-order valence-corrected chi connectivity index (χ0v) is 13.8. The number of nitrogens with zero attached hydrogens (tertiary/aromatic N) is 1. The van der Waals surface area contributed by atoms with Crippen LogP contribution in [0.5, 0.6) is 0 Å². The summed E-state index contributed by atoms with van der Waals surface area (Å²) in [6.45, 7) is 5.29. The minimum atomic E-state index is -1.16. The molecule has 0 saturated carbocycles. The van der Waals surface area contributed by atoms with Crippen LogP contribution >= 0.6 is 0 Å². The molecule has 2 atom stereocenters. The van der Waals surface area contributed by atoms with Gasteiger partial charge in [-0.15, -0.1) is 0 Å². The second-order valence-electron chi connectivity index (χ2n) is 7.00. The van der Waals surface area contributed by atoms with Gasteiger partial charge >= 0.3 is 5.97 Å². The summed E-state index contributed by atoms with van der Waals surface area (Å²) in [4.78, 5) is 13.8. The van der Waals surface area contributed by atoms with E-state index in [2.05, 4.69) is 0 Å². The van der Waals surface area contributed by atoms with Crippen LogP contribution in [-0.2, 0) is 11.3 Å². The van der Waals surface area contributed by atoms with E-state index < -0.39 is 17.5 Å². The van der Waals surface area contributed by atoms with Crippen molar-refractivity contribution in [1.82, 2.24) is 4.90 Å². The van der Waals surface area contributed by atoms with Gasteiger partial charge in [-0.2, -0.15) is 0 Å². The average molecular weight is 323 g/mol. The van der Waals surface area contributed by atoms with E-state index >= 15 is 0 Å². The van der Waals surface area contributed by atoms with Gasteiger partial charge in [-0.05, 0) is 31.2 Å². The molecule has 4 nitrogen and oxygen atoms in total. The van der Waals surface area contributed by atoms with Gasteiger partial charge in [-0.25, -0.2) is 4.39 Å². The Kier molecular flexibility index (Phi) is 5.76. The van der Waals surface area contributed by atoms with Gasteiger partial charge in [0.15, 0.2) is 0 Å². The van der Waals surface area contributed by atoms with Gasteiger partial charge in [-0.3, -0.25) is 9.69 Å². The van der Waals surface area contributed by atoms with Crippen molar-refractivity contribution in [1.29, 1.82) is 0 Å². The minimum Gasteiger partial charge on any atom is -0.481 e. The Bertz CT molecular complexity index is 549. The van der Waals surface area contributed by atoms with Crippen molar-refractivity contribution in [3.63, 3.8) is 0 Å². The number of hydrogen-bond donors (Lipinski definition) is 2. The maximum atomic E-state index is 13.8. The van der Waals surface area contributed by atoms with Crippen molar-refractivity contribution in [2.75, 3.05) is 13.1 Å². The van der Waals surface area contributed by atoms with E-state index in [1.54, 1.807) is 18.2 Å². The highest BCUT2D eigenvalue weighted by molar-refractivity contribution is 5.76. The van der Waals surface area contributed by atoms with Crippen molar-refractivity contribution in [3.05, 3.63) is 35.6 Å². The van der Waals surface area contributed by atoms with Crippen LogP contribution in [0.1, 0.15) is 38.7 Å². The molecule has 128 valence electrons. The largest absolute Gasteiger partial charge is 0.481 e. The van der Waals surface area contributed by atoms with E-state index in [-0.39, 0.29) is 12.4 Å². The molecule has 1 aliphatic rings. The third-order valence-electron chi connectivity index (χ3n) is 4.81. The molecule has 2 N–H and O–H groups in total. The van der Waals surface area contributed by atoms with Gasteiger partial charge in [0.1, 0.15) is 11.2 Å². The molecular formula is C18H26FNO3. The van der Waals surface area contributed by atoms with Crippen LogP contribution in [-0.4, -0.2) is 40.3 Å². The molecule has 0 bridgehead atoms. The number of hydrogen-bond acceptors (Lipinski definition) is 3. The first kappa shape index (κ1) is 17.9. The van der Waals surface area contributed by atoms with E-state index in [1.165, 1.54) is 6.07 Å². The van der Waals surface area contributed by atoms with Crippen molar-refractivity contribution in [2.45, 2.75) is 45.8 Å². The van der Waals surface area contributed by atoms with Crippen LogP contribution < -0.4 is 0 Å². The van der Waals surface area contributed by atoms with Crippen LogP contribution in [0.3, 0.4) is 0 Å². The Labute approximate surface area is 136 Å². The fourth-order valence-electron chi connectivity index (χ4n) is 3.28. The molecule has 1 aromatic rings. The fourth-order valence-corrected chi connectivity index (χ4v) is 3.28. The number of aliphatic carboxylic acids is 1. The zero-order chi connectivity index (χ0) is 17.0. The molecule has 0 amide bonds. The standard InChI is InChI=1S/C18H26FNO3/c1-13(2)7-9-18(17(22)23)12-20(10-8-16(18)21)11-14-5-3-4-6-15(14)19/h3-6,13,16,21H,7-12H2,1-2H3,(H,22,23)/t16-,18-/m1/s1. The number of carbonyl (C=O) groups is 1. The summed E-state index contributed by atoms with van der Waals surface area (Å²) in [5.74, 6) is -0.856. The topological polar surface area (TPSA) is 60.8 Å². The van der Waals surface area contributed by atoms with E-state index in [0.29, 0.717) is 37.4 Å². The minimum absolute atomic E-state index is 0.255. The first-order valence-electron chi connectivity index (χ1n) is 8.22. The molecule has 0 aromatic heterocycles. The normalized spacial score (nSPS) is 25.7. The Balaban J connectivity index is 2.15. The molecule has 1 fully saturated rings. The lowest BCUT2D eigenvalue weighted by Gasteiger charge is -2.43. The van der Waals surface area contributed by atoms with Gasteiger partial charge in [0.05, 0.1) is 6.10 Å². The Morgan fingerprint density at radius 3 is 2.74 bits per heavy atom.